The molecule has 1 saturated carbocycles. The minimum Gasteiger partial charge on any atom is -0.467 e. The first-order valence-corrected chi connectivity index (χ1v) is 8.40. The molecule has 2 N–H and O–H groups in total. The van der Waals surface area contributed by atoms with Crippen LogP contribution in [0.1, 0.15) is 37.9 Å². The lowest BCUT2D eigenvalue weighted by molar-refractivity contribution is -0.127. The van der Waals surface area contributed by atoms with Crippen LogP contribution < -0.4 is 10.6 Å². The molecule has 6 nitrogen and oxygen atoms in total. The molecule has 24 heavy (non-hydrogen) atoms. The van der Waals surface area contributed by atoms with Gasteiger partial charge in [0.05, 0.1) is 12.8 Å². The third-order valence-electron chi connectivity index (χ3n) is 4.16. The normalized spacial score (nSPS) is 15.5. The van der Waals surface area contributed by atoms with Crippen molar-refractivity contribution in [3.8, 4) is 0 Å². The number of carbonyl (C=O) groups excluding carboxylic acids is 1. The number of nitrogens with zero attached hydrogens (tertiary/aromatic N) is 2. The van der Waals surface area contributed by atoms with E-state index in [-0.39, 0.29) is 36.4 Å². The predicted octanol–water partition coefficient (Wildman–Crippen LogP) is 2.60. The second kappa shape index (κ2) is 11.3. The monoisotopic (exact) mass is 448 g/mol. The molecule has 0 spiro atoms. The molecule has 0 aromatic carbocycles. The molecule has 136 valence electrons. The molecule has 1 fully saturated rings. The number of likely N-dealkylation sites (N-methyl/N-ethyl adjacent to an activating group) is 1. The van der Waals surface area contributed by atoms with Gasteiger partial charge in [-0.3, -0.25) is 4.79 Å². The first-order valence-electron chi connectivity index (χ1n) is 8.40. The minimum atomic E-state index is -0.0123. The van der Waals surface area contributed by atoms with E-state index in [0.717, 1.165) is 12.3 Å². The number of hydrogen-bond donors (Lipinski definition) is 2. The Balaban J connectivity index is 0.00000288. The number of rotatable bonds is 6. The highest BCUT2D eigenvalue weighted by Crippen LogP contribution is 2.22. The van der Waals surface area contributed by atoms with Crippen molar-refractivity contribution >= 4 is 35.8 Å². The standard InChI is InChI=1S/C17H28N4O2.HI/c1-21(2)16(22)13-20-17(19-12-15-9-6-10-23-15)18-11-14-7-4-3-5-8-14;/h6,9-10,14H,3-5,7-8,11-13H2,1-2H3,(H2,18,19,20);1H. The van der Waals surface area contributed by atoms with E-state index in [9.17, 15) is 4.79 Å². The number of aliphatic imine (C=N–C) groups is 1. The summed E-state index contributed by atoms with van der Waals surface area (Å²) in [6, 6.07) is 3.77. The van der Waals surface area contributed by atoms with Crippen molar-refractivity contribution in [1.82, 2.24) is 15.5 Å². The van der Waals surface area contributed by atoms with Gasteiger partial charge in [-0.2, -0.15) is 0 Å². The Morgan fingerprint density at radius 1 is 1.29 bits per heavy atom. The molecule has 0 radical (unpaired) electrons. The van der Waals surface area contributed by atoms with Crippen LogP contribution in [0.5, 0.6) is 0 Å². The molecule has 0 unspecified atom stereocenters. The van der Waals surface area contributed by atoms with Gasteiger partial charge in [0, 0.05) is 20.6 Å². The number of guanidine groups is 1. The van der Waals surface area contributed by atoms with Gasteiger partial charge >= 0.3 is 0 Å². The summed E-state index contributed by atoms with van der Waals surface area (Å²) in [6.07, 6.45) is 8.18. The Labute approximate surface area is 161 Å². The van der Waals surface area contributed by atoms with Crippen molar-refractivity contribution < 1.29 is 9.21 Å². The van der Waals surface area contributed by atoms with E-state index < -0.39 is 0 Å². The Morgan fingerprint density at radius 2 is 2.04 bits per heavy atom. The largest absolute Gasteiger partial charge is 0.467 e. The molecule has 1 amide bonds. The summed E-state index contributed by atoms with van der Waals surface area (Å²) in [5, 5.41) is 6.60. The zero-order valence-corrected chi connectivity index (χ0v) is 16.9. The van der Waals surface area contributed by atoms with E-state index in [2.05, 4.69) is 15.6 Å². The van der Waals surface area contributed by atoms with Crippen LogP contribution in [0.15, 0.2) is 27.8 Å². The molecule has 1 aliphatic carbocycles. The van der Waals surface area contributed by atoms with Gasteiger partial charge in [-0.1, -0.05) is 19.3 Å². The van der Waals surface area contributed by atoms with Crippen molar-refractivity contribution in [2.24, 2.45) is 10.9 Å². The van der Waals surface area contributed by atoms with E-state index in [1.165, 1.54) is 32.1 Å². The smallest absolute Gasteiger partial charge is 0.243 e. The second-order valence-corrected chi connectivity index (χ2v) is 6.27. The Hall–Kier alpha value is -1.25. The van der Waals surface area contributed by atoms with Gasteiger partial charge in [0.2, 0.25) is 5.91 Å². The van der Waals surface area contributed by atoms with Crippen LogP contribution in [0.25, 0.3) is 0 Å². The van der Waals surface area contributed by atoms with Gasteiger partial charge in [0.1, 0.15) is 12.3 Å². The highest BCUT2D eigenvalue weighted by atomic mass is 127. The first-order chi connectivity index (χ1) is 11.1. The fourth-order valence-corrected chi connectivity index (χ4v) is 2.68. The molecule has 2 rings (SSSR count). The van der Waals surface area contributed by atoms with Crippen molar-refractivity contribution in [2.75, 3.05) is 27.2 Å². The Bertz CT molecular complexity index is 497. The molecule has 1 heterocycles. The van der Waals surface area contributed by atoms with Gasteiger partial charge in [-0.25, -0.2) is 4.99 Å². The minimum absolute atomic E-state index is 0. The number of nitrogens with one attached hydrogen (secondary N) is 2. The Kier molecular flexibility index (Phi) is 9.82. The predicted molar refractivity (Wildman–Crippen MR) is 107 cm³/mol. The van der Waals surface area contributed by atoms with Crippen LogP contribution in [0.4, 0.5) is 0 Å². The van der Waals surface area contributed by atoms with E-state index in [1.807, 2.05) is 12.1 Å². The summed E-state index contributed by atoms with van der Waals surface area (Å²) >= 11 is 0. The molecule has 1 aliphatic rings. The van der Waals surface area contributed by atoms with Crippen LogP contribution >= 0.6 is 24.0 Å². The lowest BCUT2D eigenvalue weighted by Crippen LogP contribution is -2.40. The summed E-state index contributed by atoms with van der Waals surface area (Å²) in [6.45, 7) is 1.60. The summed E-state index contributed by atoms with van der Waals surface area (Å²) in [4.78, 5) is 17.7. The van der Waals surface area contributed by atoms with E-state index >= 15 is 0 Å². The Morgan fingerprint density at radius 3 is 2.67 bits per heavy atom. The summed E-state index contributed by atoms with van der Waals surface area (Å²) < 4.78 is 5.32. The molecular formula is C17H29IN4O2. The van der Waals surface area contributed by atoms with Crippen LogP contribution in [0.3, 0.4) is 0 Å². The van der Waals surface area contributed by atoms with Gasteiger partial charge < -0.3 is 20.0 Å². The van der Waals surface area contributed by atoms with Gasteiger partial charge in [0.25, 0.3) is 0 Å². The second-order valence-electron chi connectivity index (χ2n) is 6.27. The van der Waals surface area contributed by atoms with Crippen LogP contribution in [-0.4, -0.2) is 44.0 Å². The quantitative estimate of drug-likeness (QED) is 0.399. The summed E-state index contributed by atoms with van der Waals surface area (Å²) in [7, 11) is 3.48. The SMILES string of the molecule is CN(C)C(=O)CN=C(NCc1ccco1)NCC1CCCCC1.I. The fourth-order valence-electron chi connectivity index (χ4n) is 2.68. The maximum Gasteiger partial charge on any atom is 0.243 e. The number of furan rings is 1. The zero-order valence-electron chi connectivity index (χ0n) is 14.6. The highest BCUT2D eigenvalue weighted by Gasteiger charge is 2.14. The molecule has 1 aromatic rings. The van der Waals surface area contributed by atoms with Gasteiger partial charge in [0.15, 0.2) is 5.96 Å². The lowest BCUT2D eigenvalue weighted by atomic mass is 9.89. The van der Waals surface area contributed by atoms with Gasteiger partial charge in [-0.05, 0) is 30.9 Å². The number of halogens is 1. The highest BCUT2D eigenvalue weighted by molar-refractivity contribution is 14.0. The van der Waals surface area contributed by atoms with Crippen LogP contribution in [0, 0.1) is 5.92 Å². The maximum absolute atomic E-state index is 11.7. The first kappa shape index (κ1) is 20.8. The van der Waals surface area contributed by atoms with Gasteiger partial charge in [-0.15, -0.1) is 24.0 Å². The van der Waals surface area contributed by atoms with Crippen molar-refractivity contribution in [1.29, 1.82) is 0 Å². The van der Waals surface area contributed by atoms with E-state index in [0.29, 0.717) is 18.4 Å². The topological polar surface area (TPSA) is 69.9 Å². The zero-order chi connectivity index (χ0) is 16.5. The number of amides is 1. The average Bonchev–Trinajstić information content (AvgIpc) is 3.08. The molecular weight excluding hydrogens is 419 g/mol. The van der Waals surface area contributed by atoms with Crippen LogP contribution in [-0.2, 0) is 11.3 Å². The summed E-state index contributed by atoms with van der Waals surface area (Å²) in [5.41, 5.74) is 0. The molecule has 7 heteroatoms. The average molecular weight is 448 g/mol. The van der Waals surface area contributed by atoms with Crippen molar-refractivity contribution in [2.45, 2.75) is 38.6 Å². The van der Waals surface area contributed by atoms with E-state index in [1.54, 1.807) is 25.3 Å². The third kappa shape index (κ3) is 7.55. The van der Waals surface area contributed by atoms with Crippen molar-refractivity contribution in [3.63, 3.8) is 0 Å². The number of hydrogen-bond acceptors (Lipinski definition) is 3. The number of carbonyl (C=O) groups is 1. The lowest BCUT2D eigenvalue weighted by Gasteiger charge is -2.23. The molecule has 0 atom stereocenters. The van der Waals surface area contributed by atoms with Crippen LogP contribution in [0.2, 0.25) is 0 Å². The molecule has 0 saturated heterocycles. The summed E-state index contributed by atoms with van der Waals surface area (Å²) in [5.74, 6) is 2.20. The maximum atomic E-state index is 11.7. The molecule has 1 aromatic heterocycles. The fraction of sp³-hybridized carbons (Fsp3) is 0.647. The molecule has 0 bridgehead atoms. The molecule has 0 aliphatic heterocycles. The van der Waals surface area contributed by atoms with Crippen molar-refractivity contribution in [3.05, 3.63) is 24.2 Å². The van der Waals surface area contributed by atoms with E-state index in [4.69, 9.17) is 4.42 Å². The third-order valence-corrected chi connectivity index (χ3v) is 4.16.